The number of carbonyl (C=O) groups is 1. The lowest BCUT2D eigenvalue weighted by Crippen LogP contribution is -2.00. The molecular weight excluding hydrogens is 136 g/mol. The van der Waals surface area contributed by atoms with E-state index in [1.807, 2.05) is 0 Å². The molecule has 0 aliphatic heterocycles. The van der Waals surface area contributed by atoms with Gasteiger partial charge in [-0.25, -0.2) is 0 Å². The zero-order chi connectivity index (χ0) is 7.82. The monoisotopic (exact) mass is 144 g/mol. The van der Waals surface area contributed by atoms with Gasteiger partial charge in [0, 0.05) is 12.8 Å². The van der Waals surface area contributed by atoms with Gasteiger partial charge in [-0.1, -0.05) is 10.4 Å². The topological polar surface area (TPSA) is 75.9 Å². The van der Waals surface area contributed by atoms with E-state index in [1.54, 1.807) is 0 Å². The van der Waals surface area contributed by atoms with Crippen LogP contribution < -0.4 is 0 Å². The van der Waals surface area contributed by atoms with Crippen LogP contribution in [0.1, 0.15) is 12.8 Å². The van der Waals surface area contributed by atoms with Gasteiger partial charge in [0.2, 0.25) is 0 Å². The molecular formula is C5H8N2O3. The molecule has 10 heavy (non-hydrogen) atoms. The normalized spacial score (nSPS) is 8.80. The maximum Gasteiger partial charge on any atom is 0.136 e. The third-order valence-electron chi connectivity index (χ3n) is 0.964. The van der Waals surface area contributed by atoms with Crippen LogP contribution in [0.4, 0.5) is 0 Å². The molecule has 0 aliphatic rings. The summed E-state index contributed by atoms with van der Waals surface area (Å²) < 4.78 is 0. The van der Waals surface area contributed by atoms with Crippen LogP contribution in [0, 0.1) is 9.81 Å². The number of Topliss-reactive ketones (excluding diaryl/α,β-unsaturated/α-hetero) is 1. The van der Waals surface area contributed by atoms with Crippen molar-refractivity contribution in [3.63, 3.8) is 0 Å². The Bertz CT molecular complexity index is 121. The van der Waals surface area contributed by atoms with Crippen molar-refractivity contribution in [2.45, 2.75) is 12.8 Å². The van der Waals surface area contributed by atoms with E-state index in [4.69, 9.17) is 0 Å². The Morgan fingerprint density at radius 1 is 1.00 bits per heavy atom. The predicted octanol–water partition coefficient (Wildman–Crippen LogP) is 0.869. The van der Waals surface area contributed by atoms with Gasteiger partial charge in [-0.05, 0) is 0 Å². The molecule has 0 aromatic heterocycles. The number of rotatable bonds is 6. The second kappa shape index (κ2) is 6.00. The van der Waals surface area contributed by atoms with Crippen molar-refractivity contribution >= 4 is 5.78 Å². The highest BCUT2D eigenvalue weighted by Gasteiger charge is 1.99. The summed E-state index contributed by atoms with van der Waals surface area (Å²) in [7, 11) is 0. The lowest BCUT2D eigenvalue weighted by Gasteiger charge is -1.89. The second-order valence-corrected chi connectivity index (χ2v) is 1.74. The summed E-state index contributed by atoms with van der Waals surface area (Å²) in [4.78, 5) is 29.6. The maximum atomic E-state index is 10.6. The molecule has 0 heterocycles. The van der Waals surface area contributed by atoms with Crippen LogP contribution in [0.2, 0.25) is 0 Å². The molecule has 0 aromatic rings. The van der Waals surface area contributed by atoms with Gasteiger partial charge in [-0.15, -0.1) is 0 Å². The summed E-state index contributed by atoms with van der Waals surface area (Å²) in [5.74, 6) is -0.140. The summed E-state index contributed by atoms with van der Waals surface area (Å²) in [6.07, 6.45) is 0.248. The number of nitroso groups, excluding NO2 is 2. The van der Waals surface area contributed by atoms with Gasteiger partial charge in [0.15, 0.2) is 0 Å². The standard InChI is InChI=1S/C5H8N2O3/c8-5(1-3-6-9)2-4-7-10/h1-4H2. The first-order chi connectivity index (χ1) is 4.81. The molecule has 56 valence electrons. The molecule has 5 heteroatoms. The molecule has 0 radical (unpaired) electrons. The van der Waals surface area contributed by atoms with Crippen molar-refractivity contribution < 1.29 is 4.79 Å². The average Bonchev–Trinajstić information content (AvgIpc) is 1.97. The molecule has 0 N–H and O–H groups in total. The fraction of sp³-hybridized carbons (Fsp3) is 0.800. The lowest BCUT2D eigenvalue weighted by molar-refractivity contribution is -0.118. The highest BCUT2D eigenvalue weighted by Crippen LogP contribution is 1.90. The van der Waals surface area contributed by atoms with Crippen molar-refractivity contribution in [3.05, 3.63) is 9.81 Å². The van der Waals surface area contributed by atoms with E-state index in [1.165, 1.54) is 0 Å². The fourth-order valence-corrected chi connectivity index (χ4v) is 0.466. The van der Waals surface area contributed by atoms with E-state index in [0.717, 1.165) is 0 Å². The van der Waals surface area contributed by atoms with E-state index in [-0.39, 0.29) is 31.7 Å². The van der Waals surface area contributed by atoms with Crippen LogP contribution in [0.15, 0.2) is 10.4 Å². The minimum atomic E-state index is -0.140. The van der Waals surface area contributed by atoms with Crippen LogP contribution in [0.25, 0.3) is 0 Å². The Kier molecular flexibility index (Phi) is 5.32. The molecule has 0 amide bonds. The summed E-state index contributed by atoms with van der Waals surface area (Å²) in [5, 5.41) is 5.01. The third kappa shape index (κ3) is 5.02. The maximum absolute atomic E-state index is 10.6. The molecule has 0 unspecified atom stereocenters. The summed E-state index contributed by atoms with van der Waals surface area (Å²) in [5.41, 5.74) is 0. The van der Waals surface area contributed by atoms with Crippen LogP contribution in [-0.2, 0) is 4.79 Å². The minimum absolute atomic E-state index is 0.00229. The number of carbonyl (C=O) groups excluding carboxylic acids is 1. The number of hydrogen-bond donors (Lipinski definition) is 0. The van der Waals surface area contributed by atoms with Crippen molar-refractivity contribution in [3.8, 4) is 0 Å². The summed E-state index contributed by atoms with van der Waals surface area (Å²) in [6, 6.07) is 0. The Labute approximate surface area is 57.8 Å². The highest BCUT2D eigenvalue weighted by atomic mass is 16.3. The first-order valence-electron chi connectivity index (χ1n) is 2.91. The molecule has 0 saturated heterocycles. The number of nitrogens with zero attached hydrogens (tertiary/aromatic N) is 2. The zero-order valence-corrected chi connectivity index (χ0v) is 5.45. The van der Waals surface area contributed by atoms with Crippen LogP contribution >= 0.6 is 0 Å². The van der Waals surface area contributed by atoms with Crippen molar-refractivity contribution in [1.29, 1.82) is 0 Å². The van der Waals surface area contributed by atoms with Crippen LogP contribution in [-0.4, -0.2) is 18.9 Å². The summed E-state index contributed by atoms with van der Waals surface area (Å²) >= 11 is 0. The van der Waals surface area contributed by atoms with Gasteiger partial charge in [-0.2, -0.15) is 9.81 Å². The van der Waals surface area contributed by atoms with E-state index in [2.05, 4.69) is 10.4 Å². The van der Waals surface area contributed by atoms with Crippen molar-refractivity contribution in [2.75, 3.05) is 13.1 Å². The third-order valence-corrected chi connectivity index (χ3v) is 0.964. The largest absolute Gasteiger partial charge is 0.300 e. The Morgan fingerprint density at radius 3 is 1.70 bits per heavy atom. The molecule has 0 saturated carbocycles. The number of hydrogen-bond acceptors (Lipinski definition) is 5. The van der Waals surface area contributed by atoms with E-state index >= 15 is 0 Å². The molecule has 0 bridgehead atoms. The smallest absolute Gasteiger partial charge is 0.136 e. The summed E-state index contributed by atoms with van der Waals surface area (Å²) in [6.45, 7) is -0.00458. The molecule has 0 spiro atoms. The molecule has 5 nitrogen and oxygen atoms in total. The Morgan fingerprint density at radius 2 is 1.40 bits per heavy atom. The minimum Gasteiger partial charge on any atom is -0.300 e. The van der Waals surface area contributed by atoms with Crippen LogP contribution in [0.5, 0.6) is 0 Å². The Balaban J connectivity index is 3.24. The SMILES string of the molecule is O=NCCC(=O)CCN=O. The van der Waals surface area contributed by atoms with E-state index in [0.29, 0.717) is 0 Å². The van der Waals surface area contributed by atoms with Gasteiger partial charge in [0.05, 0.1) is 13.1 Å². The quantitative estimate of drug-likeness (QED) is 0.519. The van der Waals surface area contributed by atoms with Gasteiger partial charge >= 0.3 is 0 Å². The van der Waals surface area contributed by atoms with E-state index in [9.17, 15) is 14.6 Å². The van der Waals surface area contributed by atoms with Crippen molar-refractivity contribution in [1.82, 2.24) is 0 Å². The van der Waals surface area contributed by atoms with Crippen LogP contribution in [0.3, 0.4) is 0 Å². The van der Waals surface area contributed by atoms with E-state index < -0.39 is 0 Å². The average molecular weight is 144 g/mol. The second-order valence-electron chi connectivity index (χ2n) is 1.74. The Hall–Kier alpha value is -1.13. The first-order valence-corrected chi connectivity index (χ1v) is 2.91. The molecule has 0 aromatic carbocycles. The van der Waals surface area contributed by atoms with Gasteiger partial charge < -0.3 is 0 Å². The van der Waals surface area contributed by atoms with Gasteiger partial charge in [0.1, 0.15) is 5.78 Å². The zero-order valence-electron chi connectivity index (χ0n) is 5.45. The fourth-order valence-electron chi connectivity index (χ4n) is 0.466. The number of ketones is 1. The molecule has 0 rings (SSSR count). The first kappa shape index (κ1) is 8.87. The van der Waals surface area contributed by atoms with Gasteiger partial charge in [0.25, 0.3) is 0 Å². The molecule has 0 fully saturated rings. The highest BCUT2D eigenvalue weighted by molar-refractivity contribution is 5.78. The molecule has 0 atom stereocenters. The molecule has 0 aliphatic carbocycles. The van der Waals surface area contributed by atoms with Gasteiger partial charge in [-0.3, -0.25) is 4.79 Å². The van der Waals surface area contributed by atoms with Crippen molar-refractivity contribution in [2.24, 2.45) is 10.4 Å². The lowest BCUT2D eigenvalue weighted by atomic mass is 10.2. The predicted molar refractivity (Wildman–Crippen MR) is 35.6 cm³/mol.